The van der Waals surface area contributed by atoms with E-state index in [0.717, 1.165) is 56.4 Å². The molecule has 13 rings (SSSR count). The molecule has 0 fully saturated rings. The first-order valence-corrected chi connectivity index (χ1v) is 27.4. The Labute approximate surface area is 480 Å². The predicted octanol–water partition coefficient (Wildman–Crippen LogP) is 13.2. The van der Waals surface area contributed by atoms with Gasteiger partial charge in [-0.1, -0.05) is 71.8 Å². The number of fused-ring (bicyclic) bond motifs is 3. The van der Waals surface area contributed by atoms with Crippen molar-refractivity contribution < 1.29 is 23.4 Å². The minimum absolute atomic E-state index is 0.213. The van der Waals surface area contributed by atoms with Gasteiger partial charge in [-0.15, -0.1) is 0 Å². The number of carboxylic acid groups (broad SMARTS) is 1. The molecule has 0 aliphatic carbocycles. The topological polar surface area (TPSA) is 256 Å². The van der Waals surface area contributed by atoms with Gasteiger partial charge in [0.25, 0.3) is 10.0 Å². The van der Waals surface area contributed by atoms with E-state index in [1.54, 1.807) is 116 Å². The van der Waals surface area contributed by atoms with Crippen LogP contribution in [0.5, 0.6) is 5.75 Å². The predicted molar refractivity (Wildman–Crippen MR) is 324 cm³/mol. The number of aromatic hydroxyl groups is 1. The number of halogens is 1. The lowest BCUT2D eigenvalue weighted by molar-refractivity contribution is 0.0696. The Morgan fingerprint density at radius 3 is 1.45 bits per heavy atom. The zero-order chi connectivity index (χ0) is 57.5. The molecule has 8 N–H and O–H groups in total. The van der Waals surface area contributed by atoms with Gasteiger partial charge < -0.3 is 45.1 Å². The average Bonchev–Trinajstić information content (AvgIpc) is 4.40. The van der Waals surface area contributed by atoms with E-state index in [2.05, 4.69) is 40.6 Å². The summed E-state index contributed by atoms with van der Waals surface area (Å²) in [5.41, 5.74) is 17.8. The van der Waals surface area contributed by atoms with E-state index in [4.69, 9.17) is 32.4 Å². The van der Waals surface area contributed by atoms with Gasteiger partial charge in [0.1, 0.15) is 5.75 Å². The lowest BCUT2D eigenvalue weighted by atomic mass is 10.1. The average molecular weight is 1140 g/mol. The van der Waals surface area contributed by atoms with Crippen molar-refractivity contribution in [1.29, 1.82) is 0 Å². The van der Waals surface area contributed by atoms with Crippen LogP contribution < -0.4 is 26.4 Å². The molecule has 0 aliphatic rings. The molecule has 0 bridgehead atoms. The number of nitrogens with one attached hydrogen (secondary N) is 4. The molecule has 410 valence electrons. The summed E-state index contributed by atoms with van der Waals surface area (Å²) in [6, 6.07) is 51.9. The molecule has 0 radical (unpaired) electrons. The highest BCUT2D eigenvalue weighted by Gasteiger charge is 2.16. The summed E-state index contributed by atoms with van der Waals surface area (Å²) < 4.78 is 33.6. The van der Waals surface area contributed by atoms with Gasteiger partial charge in [0.05, 0.1) is 27.5 Å². The first kappa shape index (κ1) is 53.9. The fourth-order valence-electron chi connectivity index (χ4n) is 8.60. The van der Waals surface area contributed by atoms with Crippen LogP contribution in [0.15, 0.2) is 237 Å². The Bertz CT molecular complexity index is 4520. The van der Waals surface area contributed by atoms with Crippen molar-refractivity contribution in [2.75, 3.05) is 26.4 Å². The SMILES string of the molecule is Cc1ccc(S(=O)(=O)Nc2ccc(Nc3nc(-c4cccc(N)c4)cn4ccnc34)cc2)cc1.O=C(O)c1ccc(-c2cn3ccnc3c(Nc3ccc(Cl)cc3)n2)cc1.Oc1ccc(-c2cn3ccnc3c(Nc3ccccc3)n2)cc1. The summed E-state index contributed by atoms with van der Waals surface area (Å²) in [7, 11) is -3.67. The van der Waals surface area contributed by atoms with Crippen LogP contribution in [0.3, 0.4) is 0 Å². The maximum absolute atomic E-state index is 12.6. The first-order chi connectivity index (χ1) is 40.3. The molecule has 6 aromatic heterocycles. The number of aryl methyl sites for hydroxylation is 1. The highest BCUT2D eigenvalue weighted by molar-refractivity contribution is 7.92. The third kappa shape index (κ3) is 12.8. The molecular weight excluding hydrogens is 1090 g/mol. The summed E-state index contributed by atoms with van der Waals surface area (Å²) in [6.07, 6.45) is 16.4. The van der Waals surface area contributed by atoms with Gasteiger partial charge in [0.15, 0.2) is 34.4 Å². The number of carbonyl (C=O) groups is 1. The summed E-state index contributed by atoms with van der Waals surface area (Å²) in [4.78, 5) is 38.4. The zero-order valence-electron chi connectivity index (χ0n) is 43.9. The Balaban J connectivity index is 0.000000133. The van der Waals surface area contributed by atoms with Crippen molar-refractivity contribution in [1.82, 2.24) is 43.1 Å². The van der Waals surface area contributed by atoms with Crippen molar-refractivity contribution in [2.24, 2.45) is 0 Å². The summed E-state index contributed by atoms with van der Waals surface area (Å²) in [6.45, 7) is 1.91. The van der Waals surface area contributed by atoms with Crippen LogP contribution in [-0.2, 0) is 10.0 Å². The largest absolute Gasteiger partial charge is 0.508 e. The minimum atomic E-state index is -3.67. The number of hydrogen-bond donors (Lipinski definition) is 7. The molecule has 0 amide bonds. The number of nitrogens with two attached hydrogens (primary N) is 1. The van der Waals surface area contributed by atoms with Crippen LogP contribution in [-0.4, -0.2) is 67.7 Å². The van der Waals surface area contributed by atoms with Crippen molar-refractivity contribution in [2.45, 2.75) is 11.8 Å². The molecule has 0 aliphatic heterocycles. The fraction of sp³-hybridized carbons (Fsp3) is 0.0161. The van der Waals surface area contributed by atoms with Crippen molar-refractivity contribution in [3.63, 3.8) is 0 Å². The summed E-state index contributed by atoms with van der Waals surface area (Å²) >= 11 is 5.93. The number of rotatable bonds is 13. The first-order valence-electron chi connectivity index (χ1n) is 25.6. The third-order valence-corrected chi connectivity index (χ3v) is 14.4. The molecular formula is C62H49ClN14O5S. The molecule has 83 heavy (non-hydrogen) atoms. The van der Waals surface area contributed by atoms with E-state index in [0.29, 0.717) is 50.8 Å². The number of phenolic OH excluding ortho intramolecular Hbond substituents is 1. The van der Waals surface area contributed by atoms with Crippen LogP contribution in [0.2, 0.25) is 5.02 Å². The second kappa shape index (κ2) is 23.7. The number of carboxylic acids is 1. The van der Waals surface area contributed by atoms with Crippen LogP contribution in [0.4, 0.5) is 45.9 Å². The van der Waals surface area contributed by atoms with E-state index in [1.807, 2.05) is 136 Å². The Kier molecular flexibility index (Phi) is 15.4. The number of nitrogens with zero attached hydrogens (tertiary/aromatic N) is 9. The van der Waals surface area contributed by atoms with Crippen molar-refractivity contribution in [3.05, 3.63) is 248 Å². The summed E-state index contributed by atoms with van der Waals surface area (Å²) in [5, 5.41) is 29.0. The Morgan fingerprint density at radius 1 is 0.518 bits per heavy atom. The zero-order valence-corrected chi connectivity index (χ0v) is 45.5. The van der Waals surface area contributed by atoms with Gasteiger partial charge in [-0.25, -0.2) is 43.1 Å². The van der Waals surface area contributed by atoms with E-state index in [1.165, 1.54) is 0 Å². The number of benzene rings is 7. The van der Waals surface area contributed by atoms with Crippen LogP contribution in [0.25, 0.3) is 50.7 Å². The number of anilines is 8. The van der Waals surface area contributed by atoms with Crippen molar-refractivity contribution in [3.8, 4) is 39.5 Å². The van der Waals surface area contributed by atoms with E-state index in [-0.39, 0.29) is 16.2 Å². The number of imidazole rings is 3. The Morgan fingerprint density at radius 2 is 0.964 bits per heavy atom. The molecule has 6 heterocycles. The highest BCUT2D eigenvalue weighted by Crippen LogP contribution is 2.30. The van der Waals surface area contributed by atoms with Gasteiger partial charge in [0.2, 0.25) is 0 Å². The standard InChI is InChI=1S/C25H22N6O2S.C19H13ClN4O2.C18H14N4O/c1-17-5-11-22(12-6-17)34(32,33)30-21-9-7-20(8-10-21)28-24-25-27-13-14-31(25)16-23(29-24)18-3-2-4-19(26)15-18;20-14-5-7-15(8-6-14)22-17-18-21-9-10-24(18)11-16(23-17)12-1-3-13(4-2-12)19(25)26;23-15-8-6-13(7-9-15)16-12-22-11-10-19-18(22)17(21-16)20-14-4-2-1-3-5-14/h2-16,30H,26H2,1H3,(H,28,29);1-11H,(H,22,23)(H,25,26);1-12,23H,(H,20,21). The molecule has 13 aromatic rings. The number of hydrogen-bond acceptors (Lipinski definition) is 14. The molecule has 21 heteroatoms. The maximum atomic E-state index is 12.6. The quantitative estimate of drug-likeness (QED) is 0.0530. The third-order valence-electron chi connectivity index (χ3n) is 12.8. The van der Waals surface area contributed by atoms with Gasteiger partial charge >= 0.3 is 5.97 Å². The number of aromatic nitrogens is 9. The van der Waals surface area contributed by atoms with Crippen molar-refractivity contribution >= 4 is 90.4 Å². The lowest BCUT2D eigenvalue weighted by Crippen LogP contribution is -2.12. The molecule has 19 nitrogen and oxygen atoms in total. The minimum Gasteiger partial charge on any atom is -0.508 e. The van der Waals surface area contributed by atoms with E-state index in [9.17, 15) is 18.3 Å². The van der Waals surface area contributed by atoms with Crippen LogP contribution in [0.1, 0.15) is 15.9 Å². The Hall–Kier alpha value is -11.1. The van der Waals surface area contributed by atoms with E-state index >= 15 is 0 Å². The number of para-hydroxylation sites is 1. The molecule has 0 unspecified atom stereocenters. The number of sulfonamides is 1. The van der Waals surface area contributed by atoms with Gasteiger partial charge in [0, 0.05) is 106 Å². The number of phenols is 1. The monoisotopic (exact) mass is 1140 g/mol. The molecule has 0 spiro atoms. The fourth-order valence-corrected chi connectivity index (χ4v) is 9.78. The van der Waals surface area contributed by atoms with Gasteiger partial charge in [-0.3, -0.25) is 4.72 Å². The smallest absolute Gasteiger partial charge is 0.335 e. The number of nitrogen functional groups attached to an aromatic ring is 1. The summed E-state index contributed by atoms with van der Waals surface area (Å²) in [5.74, 6) is 1.13. The van der Waals surface area contributed by atoms with Crippen LogP contribution >= 0.6 is 11.6 Å². The lowest BCUT2D eigenvalue weighted by Gasteiger charge is -2.12. The van der Waals surface area contributed by atoms with Crippen LogP contribution in [0, 0.1) is 6.92 Å². The second-order valence-electron chi connectivity index (χ2n) is 18.7. The molecule has 0 saturated heterocycles. The number of aromatic carboxylic acids is 1. The second-order valence-corrected chi connectivity index (χ2v) is 20.8. The maximum Gasteiger partial charge on any atom is 0.335 e. The van der Waals surface area contributed by atoms with E-state index < -0.39 is 16.0 Å². The molecule has 0 atom stereocenters. The van der Waals surface area contributed by atoms with Gasteiger partial charge in [-0.2, -0.15) is 0 Å². The normalized spacial score (nSPS) is 11.1. The van der Waals surface area contributed by atoms with Gasteiger partial charge in [-0.05, 0) is 128 Å². The highest BCUT2D eigenvalue weighted by atomic mass is 35.5. The molecule has 0 saturated carbocycles. The molecule has 7 aromatic carbocycles.